The first-order valence-corrected chi connectivity index (χ1v) is 19.6. The van der Waals surface area contributed by atoms with Crippen molar-refractivity contribution >= 4 is 45.8 Å². The Labute approximate surface area is 334 Å². The SMILES string of the molecule is CC(=O)Nc1cc(N2CCC3(CC2)COC3)cnc1C(=O)NCCOCCNCC(=O)N1CCN(C(=O)c2cc(Cc3n[nH]c(=O)c4ccccc34)ccc2F)CC1. The number of H-pyrrole nitrogens is 1. The summed E-state index contributed by atoms with van der Waals surface area (Å²) in [5, 5.41) is 16.5. The molecule has 3 fully saturated rings. The van der Waals surface area contributed by atoms with E-state index in [0.717, 1.165) is 44.8 Å². The molecule has 16 nitrogen and oxygen atoms in total. The number of anilines is 2. The van der Waals surface area contributed by atoms with E-state index < -0.39 is 17.6 Å². The number of nitrogens with zero attached hydrogens (tertiary/aromatic N) is 5. The molecule has 2 aromatic carbocycles. The quantitative estimate of drug-likeness (QED) is 0.137. The van der Waals surface area contributed by atoms with E-state index in [0.29, 0.717) is 60.4 Å². The van der Waals surface area contributed by atoms with Crippen LogP contribution < -0.4 is 26.4 Å². The molecule has 0 aliphatic carbocycles. The van der Waals surface area contributed by atoms with Gasteiger partial charge in [-0.2, -0.15) is 5.10 Å². The first kappa shape index (κ1) is 40.4. The van der Waals surface area contributed by atoms with Crippen LogP contribution in [0.1, 0.15) is 51.9 Å². The van der Waals surface area contributed by atoms with Crippen molar-refractivity contribution in [3.05, 3.63) is 93.4 Å². The van der Waals surface area contributed by atoms with Crippen molar-refractivity contribution in [1.29, 1.82) is 0 Å². The number of piperazine rings is 1. The van der Waals surface area contributed by atoms with Gasteiger partial charge in [-0.1, -0.05) is 24.3 Å². The molecule has 0 unspecified atom stereocenters. The van der Waals surface area contributed by atoms with E-state index in [-0.39, 0.29) is 66.8 Å². The minimum Gasteiger partial charge on any atom is -0.380 e. The molecule has 5 heterocycles. The smallest absolute Gasteiger partial charge is 0.272 e. The molecule has 0 saturated carbocycles. The molecule has 4 amide bonds. The minimum absolute atomic E-state index is 0.0568. The second-order valence-corrected chi connectivity index (χ2v) is 15.0. The van der Waals surface area contributed by atoms with Crippen molar-refractivity contribution in [2.75, 3.05) is 95.5 Å². The maximum absolute atomic E-state index is 14.9. The van der Waals surface area contributed by atoms with Gasteiger partial charge in [-0.25, -0.2) is 14.5 Å². The van der Waals surface area contributed by atoms with Crippen LogP contribution in [0, 0.1) is 11.2 Å². The van der Waals surface area contributed by atoms with Crippen LogP contribution in [-0.2, 0) is 25.5 Å². The van der Waals surface area contributed by atoms with Crippen molar-refractivity contribution in [3.8, 4) is 0 Å². The second-order valence-electron chi connectivity index (χ2n) is 15.0. The maximum atomic E-state index is 14.9. The molecular formula is C41H48FN9O7. The molecule has 17 heteroatoms. The highest BCUT2D eigenvalue weighted by Crippen LogP contribution is 2.39. The van der Waals surface area contributed by atoms with E-state index in [1.54, 1.807) is 46.3 Å². The van der Waals surface area contributed by atoms with Crippen LogP contribution in [0.4, 0.5) is 15.8 Å². The van der Waals surface area contributed by atoms with E-state index in [9.17, 15) is 28.4 Å². The Hall–Kier alpha value is -5.78. The number of hydrogen-bond donors (Lipinski definition) is 4. The Kier molecular flexibility index (Phi) is 12.7. The van der Waals surface area contributed by atoms with Gasteiger partial charge in [-0.05, 0) is 42.7 Å². The van der Waals surface area contributed by atoms with Gasteiger partial charge in [0.15, 0.2) is 5.69 Å². The molecule has 0 atom stereocenters. The summed E-state index contributed by atoms with van der Waals surface area (Å²) in [7, 11) is 0. The van der Waals surface area contributed by atoms with Crippen molar-refractivity contribution in [1.82, 2.24) is 35.6 Å². The van der Waals surface area contributed by atoms with Gasteiger partial charge in [0.2, 0.25) is 11.8 Å². The average molecular weight is 798 g/mol. The highest BCUT2D eigenvalue weighted by molar-refractivity contribution is 6.02. The molecule has 4 N–H and O–H groups in total. The van der Waals surface area contributed by atoms with Gasteiger partial charge in [0.1, 0.15) is 5.82 Å². The first-order valence-electron chi connectivity index (χ1n) is 19.6. The van der Waals surface area contributed by atoms with Gasteiger partial charge in [-0.15, -0.1) is 0 Å². The zero-order valence-electron chi connectivity index (χ0n) is 32.5. The Balaban J connectivity index is 0.795. The van der Waals surface area contributed by atoms with Gasteiger partial charge in [0, 0.05) is 76.5 Å². The summed E-state index contributed by atoms with van der Waals surface area (Å²) in [5.74, 6) is -1.94. The average Bonchev–Trinajstić information content (AvgIpc) is 3.22. The molecule has 1 spiro atoms. The number of ether oxygens (including phenoxy) is 2. The maximum Gasteiger partial charge on any atom is 0.272 e. The Morgan fingerprint density at radius 2 is 1.66 bits per heavy atom. The molecule has 7 rings (SSSR count). The number of aromatic nitrogens is 3. The molecular weight excluding hydrogens is 750 g/mol. The molecule has 0 radical (unpaired) electrons. The summed E-state index contributed by atoms with van der Waals surface area (Å²) in [6.45, 7) is 7.10. The summed E-state index contributed by atoms with van der Waals surface area (Å²) >= 11 is 0. The van der Waals surface area contributed by atoms with Crippen LogP contribution >= 0.6 is 0 Å². The van der Waals surface area contributed by atoms with Crippen LogP contribution in [0.25, 0.3) is 10.8 Å². The topological polar surface area (TPSA) is 191 Å². The highest BCUT2D eigenvalue weighted by Gasteiger charge is 2.41. The third-order valence-electron chi connectivity index (χ3n) is 11.0. The number of rotatable bonds is 14. The molecule has 306 valence electrons. The van der Waals surface area contributed by atoms with E-state index in [1.165, 1.54) is 19.1 Å². The zero-order valence-corrected chi connectivity index (χ0v) is 32.5. The number of hydrogen-bond acceptors (Lipinski definition) is 11. The fraction of sp³-hybridized carbons (Fsp3) is 0.439. The van der Waals surface area contributed by atoms with Crippen LogP contribution in [-0.4, -0.2) is 134 Å². The lowest BCUT2D eigenvalue weighted by Gasteiger charge is -2.47. The Bertz CT molecular complexity index is 2210. The fourth-order valence-corrected chi connectivity index (χ4v) is 7.56. The van der Waals surface area contributed by atoms with Gasteiger partial charge < -0.3 is 40.1 Å². The lowest BCUT2D eigenvalue weighted by molar-refractivity contribution is -0.131. The number of halogens is 1. The monoisotopic (exact) mass is 797 g/mol. The third-order valence-corrected chi connectivity index (χ3v) is 11.0. The van der Waals surface area contributed by atoms with Crippen molar-refractivity contribution < 1.29 is 33.0 Å². The van der Waals surface area contributed by atoms with Crippen LogP contribution in [0.15, 0.2) is 59.5 Å². The standard InChI is InChI=1S/C41H48FN9O7/c1-27(52)46-35-22-29(49-12-8-41(9-13-49)25-58-26-41)23-45-37(35)39(55)44-11-19-57-18-10-43-24-36(53)50-14-16-51(17-15-50)40(56)32-20-28(6-7-33(32)42)21-34-30-4-2-3-5-31(30)38(54)48-47-34/h2-7,20,22-23,43H,8-19,21,24-26H2,1H3,(H,44,55)(H,46,52)(H,48,54). The third kappa shape index (κ3) is 9.49. The number of pyridine rings is 1. The van der Waals surface area contributed by atoms with E-state index in [1.807, 2.05) is 6.07 Å². The van der Waals surface area contributed by atoms with Crippen LogP contribution in [0.3, 0.4) is 0 Å². The van der Waals surface area contributed by atoms with E-state index >= 15 is 0 Å². The molecule has 0 bridgehead atoms. The molecule has 58 heavy (non-hydrogen) atoms. The van der Waals surface area contributed by atoms with E-state index in [4.69, 9.17) is 9.47 Å². The Morgan fingerprint density at radius 1 is 0.931 bits per heavy atom. The van der Waals surface area contributed by atoms with Gasteiger partial charge >= 0.3 is 0 Å². The summed E-state index contributed by atoms with van der Waals surface area (Å²) in [6, 6.07) is 13.3. The van der Waals surface area contributed by atoms with Crippen molar-refractivity contribution in [3.63, 3.8) is 0 Å². The largest absolute Gasteiger partial charge is 0.380 e. The zero-order chi connectivity index (χ0) is 40.6. The predicted molar refractivity (Wildman–Crippen MR) is 213 cm³/mol. The fourth-order valence-electron chi connectivity index (χ4n) is 7.56. The molecule has 4 aromatic rings. The highest BCUT2D eigenvalue weighted by atomic mass is 19.1. The second kappa shape index (κ2) is 18.2. The molecule has 3 saturated heterocycles. The van der Waals surface area contributed by atoms with Gasteiger partial charge in [0.05, 0.1) is 67.2 Å². The van der Waals surface area contributed by atoms with Crippen molar-refractivity contribution in [2.24, 2.45) is 5.41 Å². The number of piperidine rings is 1. The molecule has 2 aromatic heterocycles. The first-order chi connectivity index (χ1) is 28.1. The molecule has 3 aliphatic heterocycles. The number of aromatic amines is 1. The van der Waals surface area contributed by atoms with Crippen molar-refractivity contribution in [2.45, 2.75) is 26.2 Å². The summed E-state index contributed by atoms with van der Waals surface area (Å²) in [5.41, 5.74) is 2.54. The van der Waals surface area contributed by atoms with Crippen LogP contribution in [0.5, 0.6) is 0 Å². The van der Waals surface area contributed by atoms with Gasteiger partial charge in [0.25, 0.3) is 17.4 Å². The minimum atomic E-state index is -0.635. The van der Waals surface area contributed by atoms with E-state index in [2.05, 4.69) is 36.0 Å². The number of carbonyl (C=O) groups is 4. The molecule has 3 aliphatic rings. The summed E-state index contributed by atoms with van der Waals surface area (Å²) in [6.07, 6.45) is 4.01. The summed E-state index contributed by atoms with van der Waals surface area (Å²) in [4.78, 5) is 73.2. The number of nitrogens with one attached hydrogen (secondary N) is 4. The Morgan fingerprint density at radius 3 is 2.38 bits per heavy atom. The number of amides is 4. The number of fused-ring (bicyclic) bond motifs is 1. The van der Waals surface area contributed by atoms with Gasteiger partial charge in [-0.3, -0.25) is 24.0 Å². The summed E-state index contributed by atoms with van der Waals surface area (Å²) < 4.78 is 26.0. The lowest BCUT2D eigenvalue weighted by Crippen LogP contribution is -2.52. The predicted octanol–water partition coefficient (Wildman–Crippen LogP) is 1.94. The normalized spacial score (nSPS) is 16.3. The number of carbonyl (C=O) groups excluding carboxylic acids is 4. The van der Waals surface area contributed by atoms with Crippen LogP contribution in [0.2, 0.25) is 0 Å². The number of benzene rings is 2. The lowest BCUT2D eigenvalue weighted by atomic mass is 9.77.